The van der Waals surface area contributed by atoms with Crippen LogP contribution in [0, 0.1) is 5.41 Å². The van der Waals surface area contributed by atoms with Gasteiger partial charge in [0.05, 0.1) is 7.11 Å². The first kappa shape index (κ1) is 13.3. The number of ether oxygens (including phenoxy) is 2. The summed E-state index contributed by atoms with van der Waals surface area (Å²) < 4.78 is 10.3. The maximum atomic E-state index is 5.78. The van der Waals surface area contributed by atoms with Crippen LogP contribution >= 0.6 is 11.6 Å². The van der Waals surface area contributed by atoms with Crippen molar-refractivity contribution in [3.05, 3.63) is 5.28 Å². The van der Waals surface area contributed by atoms with Gasteiger partial charge in [-0.3, -0.25) is 0 Å². The van der Waals surface area contributed by atoms with Gasteiger partial charge in [-0.05, 0) is 29.9 Å². The van der Waals surface area contributed by atoms with E-state index in [0.717, 1.165) is 32.6 Å². The van der Waals surface area contributed by atoms with Gasteiger partial charge in [-0.1, -0.05) is 6.92 Å². The fourth-order valence-electron chi connectivity index (χ4n) is 1.84. The molecule has 1 aliphatic rings. The Hall–Kier alpha value is -1.14. The average Bonchev–Trinajstić information content (AvgIpc) is 2.37. The number of anilines is 1. The quantitative estimate of drug-likeness (QED) is 0.901. The third-order valence-electron chi connectivity index (χ3n) is 3.14. The van der Waals surface area contributed by atoms with Crippen LogP contribution in [0.3, 0.4) is 0 Å². The lowest BCUT2D eigenvalue weighted by Crippen LogP contribution is -2.33. The van der Waals surface area contributed by atoms with E-state index < -0.39 is 0 Å². The molecule has 0 bridgehead atoms. The molecule has 1 fully saturated rings. The fraction of sp³-hybridized carbons (Fsp3) is 0.727. The maximum Gasteiger partial charge on any atom is 0.322 e. The zero-order valence-electron chi connectivity index (χ0n) is 10.6. The van der Waals surface area contributed by atoms with Crippen LogP contribution in [0.5, 0.6) is 6.01 Å². The van der Waals surface area contributed by atoms with Gasteiger partial charge >= 0.3 is 6.01 Å². The smallest absolute Gasteiger partial charge is 0.322 e. The van der Waals surface area contributed by atoms with Gasteiger partial charge in [-0.2, -0.15) is 15.0 Å². The molecule has 0 atom stereocenters. The fourth-order valence-corrected chi connectivity index (χ4v) is 1.99. The molecule has 1 saturated heterocycles. The maximum absolute atomic E-state index is 5.78. The number of hydrogen-bond donors (Lipinski definition) is 1. The number of hydrogen-bond acceptors (Lipinski definition) is 6. The zero-order valence-corrected chi connectivity index (χ0v) is 11.3. The zero-order chi connectivity index (χ0) is 13.0. The number of methoxy groups -OCH3 is 1. The molecule has 2 rings (SSSR count). The Balaban J connectivity index is 1.98. The van der Waals surface area contributed by atoms with Gasteiger partial charge in [-0.25, -0.2) is 0 Å². The van der Waals surface area contributed by atoms with E-state index in [4.69, 9.17) is 21.1 Å². The molecular weight excluding hydrogens is 256 g/mol. The molecule has 100 valence electrons. The number of rotatable bonds is 4. The van der Waals surface area contributed by atoms with Crippen LogP contribution in [0.1, 0.15) is 19.8 Å². The van der Waals surface area contributed by atoms with Gasteiger partial charge < -0.3 is 14.8 Å². The molecule has 1 aliphatic heterocycles. The highest BCUT2D eigenvalue weighted by atomic mass is 35.5. The summed E-state index contributed by atoms with van der Waals surface area (Å²) in [5.74, 6) is 0.444. The lowest BCUT2D eigenvalue weighted by atomic mass is 9.82. The Labute approximate surface area is 111 Å². The first-order chi connectivity index (χ1) is 8.61. The molecule has 0 amide bonds. The van der Waals surface area contributed by atoms with Crippen molar-refractivity contribution in [2.24, 2.45) is 5.41 Å². The van der Waals surface area contributed by atoms with Gasteiger partial charge in [0.25, 0.3) is 0 Å². The molecule has 0 saturated carbocycles. The molecule has 6 nitrogen and oxygen atoms in total. The molecule has 2 heterocycles. The Kier molecular flexibility index (Phi) is 4.19. The summed E-state index contributed by atoms with van der Waals surface area (Å²) in [4.78, 5) is 11.9. The van der Waals surface area contributed by atoms with Crippen molar-refractivity contribution in [3.63, 3.8) is 0 Å². The van der Waals surface area contributed by atoms with Crippen LogP contribution in [0.25, 0.3) is 0 Å². The van der Waals surface area contributed by atoms with E-state index >= 15 is 0 Å². The van der Waals surface area contributed by atoms with Crippen molar-refractivity contribution in [2.75, 3.05) is 32.2 Å². The summed E-state index contributed by atoms with van der Waals surface area (Å²) in [5, 5.41) is 3.31. The van der Waals surface area contributed by atoms with Crippen LogP contribution in [0.15, 0.2) is 0 Å². The standard InChI is InChI=1S/C11H17ClN4O2/c1-11(3-5-18-6-4-11)7-13-9-14-8(12)15-10(16-9)17-2/h3-7H2,1-2H3,(H,13,14,15,16). The molecule has 7 heteroatoms. The second-order valence-corrected chi connectivity index (χ2v) is 5.03. The van der Waals surface area contributed by atoms with Gasteiger partial charge in [0.2, 0.25) is 11.2 Å². The molecule has 0 spiro atoms. The molecule has 1 aromatic heterocycles. The second kappa shape index (κ2) is 5.67. The lowest BCUT2D eigenvalue weighted by Gasteiger charge is -2.33. The van der Waals surface area contributed by atoms with Gasteiger partial charge in [0.15, 0.2) is 0 Å². The summed E-state index contributed by atoms with van der Waals surface area (Å²) in [6, 6.07) is 0.217. The SMILES string of the molecule is COc1nc(Cl)nc(NCC2(C)CCOCC2)n1. The Morgan fingerprint density at radius 1 is 1.33 bits per heavy atom. The summed E-state index contributed by atoms with van der Waals surface area (Å²) in [5.41, 5.74) is 0.199. The Morgan fingerprint density at radius 2 is 2.06 bits per heavy atom. The number of halogens is 1. The third kappa shape index (κ3) is 3.43. The van der Waals surface area contributed by atoms with Crippen LogP contribution in [0.4, 0.5) is 5.95 Å². The van der Waals surface area contributed by atoms with Crippen molar-refractivity contribution in [2.45, 2.75) is 19.8 Å². The first-order valence-electron chi connectivity index (χ1n) is 5.88. The molecule has 1 N–H and O–H groups in total. The number of nitrogens with one attached hydrogen (secondary N) is 1. The number of aromatic nitrogens is 3. The van der Waals surface area contributed by atoms with Gasteiger partial charge in [-0.15, -0.1) is 0 Å². The monoisotopic (exact) mass is 272 g/mol. The summed E-state index contributed by atoms with van der Waals surface area (Å²) in [6.45, 7) is 4.61. The van der Waals surface area contributed by atoms with Crippen molar-refractivity contribution >= 4 is 17.5 Å². The predicted octanol–water partition coefficient (Wildman–Crippen LogP) is 1.76. The summed E-state index contributed by atoms with van der Waals surface area (Å²) in [7, 11) is 1.50. The molecular formula is C11H17ClN4O2. The largest absolute Gasteiger partial charge is 0.467 e. The second-order valence-electron chi connectivity index (χ2n) is 4.69. The topological polar surface area (TPSA) is 69.2 Å². The van der Waals surface area contributed by atoms with Crippen molar-refractivity contribution in [1.29, 1.82) is 0 Å². The van der Waals surface area contributed by atoms with Crippen molar-refractivity contribution in [3.8, 4) is 6.01 Å². The van der Waals surface area contributed by atoms with E-state index in [-0.39, 0.29) is 16.7 Å². The van der Waals surface area contributed by atoms with Crippen LogP contribution in [0.2, 0.25) is 5.28 Å². The highest BCUT2D eigenvalue weighted by Gasteiger charge is 2.27. The molecule has 0 unspecified atom stereocenters. The Morgan fingerprint density at radius 3 is 2.72 bits per heavy atom. The van der Waals surface area contributed by atoms with Crippen molar-refractivity contribution in [1.82, 2.24) is 15.0 Å². The van der Waals surface area contributed by atoms with Crippen molar-refractivity contribution < 1.29 is 9.47 Å². The van der Waals surface area contributed by atoms with E-state index in [0.29, 0.717) is 5.95 Å². The van der Waals surface area contributed by atoms with Gasteiger partial charge in [0, 0.05) is 19.8 Å². The van der Waals surface area contributed by atoms with Crippen LogP contribution < -0.4 is 10.1 Å². The molecule has 0 aliphatic carbocycles. The minimum atomic E-state index is 0.126. The molecule has 18 heavy (non-hydrogen) atoms. The lowest BCUT2D eigenvalue weighted by molar-refractivity contribution is 0.0299. The summed E-state index contributed by atoms with van der Waals surface area (Å²) in [6.07, 6.45) is 2.05. The van der Waals surface area contributed by atoms with E-state index in [9.17, 15) is 0 Å². The minimum Gasteiger partial charge on any atom is -0.467 e. The first-order valence-corrected chi connectivity index (χ1v) is 6.26. The van der Waals surface area contributed by atoms with E-state index in [1.54, 1.807) is 0 Å². The van der Waals surface area contributed by atoms with E-state index in [2.05, 4.69) is 27.2 Å². The summed E-state index contributed by atoms with van der Waals surface area (Å²) >= 11 is 5.78. The highest BCUT2D eigenvalue weighted by Crippen LogP contribution is 2.29. The normalized spacial score (nSPS) is 18.4. The predicted molar refractivity (Wildman–Crippen MR) is 68.0 cm³/mol. The third-order valence-corrected chi connectivity index (χ3v) is 3.31. The average molecular weight is 273 g/mol. The number of nitrogens with zero attached hydrogens (tertiary/aromatic N) is 3. The van der Waals surface area contributed by atoms with Gasteiger partial charge in [0.1, 0.15) is 0 Å². The molecule has 1 aromatic rings. The van der Waals surface area contributed by atoms with E-state index in [1.165, 1.54) is 7.11 Å². The van der Waals surface area contributed by atoms with E-state index in [1.807, 2.05) is 0 Å². The Bertz CT molecular complexity index is 410. The van der Waals surface area contributed by atoms with Crippen LogP contribution in [-0.4, -0.2) is 41.8 Å². The highest BCUT2D eigenvalue weighted by molar-refractivity contribution is 6.28. The van der Waals surface area contributed by atoms with Crippen LogP contribution in [-0.2, 0) is 4.74 Å². The minimum absolute atomic E-state index is 0.126. The molecule has 0 aromatic carbocycles. The molecule has 0 radical (unpaired) electrons.